The second-order valence-corrected chi connectivity index (χ2v) is 5.84. The Morgan fingerprint density at radius 1 is 0.958 bits per heavy atom. The van der Waals surface area contributed by atoms with Crippen molar-refractivity contribution < 1.29 is 0 Å². The third-order valence-electron chi connectivity index (χ3n) is 3.31. The molecule has 1 aromatic heterocycles. The van der Waals surface area contributed by atoms with Gasteiger partial charge in [0.25, 0.3) is 0 Å². The van der Waals surface area contributed by atoms with Gasteiger partial charge in [0.1, 0.15) is 0 Å². The lowest BCUT2D eigenvalue weighted by Gasteiger charge is -2.09. The van der Waals surface area contributed by atoms with Crippen LogP contribution in [0.25, 0.3) is 0 Å². The maximum absolute atomic E-state index is 6.16. The first-order chi connectivity index (χ1) is 11.7. The lowest BCUT2D eigenvalue weighted by atomic mass is 10.1. The highest BCUT2D eigenvalue weighted by atomic mass is 35.5. The van der Waals surface area contributed by atoms with Gasteiger partial charge in [-0.1, -0.05) is 59.6 Å². The molecule has 3 rings (SSSR count). The lowest BCUT2D eigenvalue weighted by Crippen LogP contribution is -2.09. The van der Waals surface area contributed by atoms with Gasteiger partial charge in [0.15, 0.2) is 5.82 Å². The summed E-state index contributed by atoms with van der Waals surface area (Å²) >= 11 is 12.2. The van der Waals surface area contributed by atoms with Gasteiger partial charge < -0.3 is 10.6 Å². The quantitative estimate of drug-likeness (QED) is 0.674. The maximum atomic E-state index is 6.16. The Kier molecular flexibility index (Phi) is 5.46. The van der Waals surface area contributed by atoms with Crippen molar-refractivity contribution in [3.63, 3.8) is 0 Å². The van der Waals surface area contributed by atoms with Gasteiger partial charge in [-0.05, 0) is 24.1 Å². The van der Waals surface area contributed by atoms with E-state index in [0.29, 0.717) is 34.0 Å². The van der Waals surface area contributed by atoms with Crippen molar-refractivity contribution in [2.75, 3.05) is 17.2 Å². The van der Waals surface area contributed by atoms with Crippen molar-refractivity contribution in [1.29, 1.82) is 0 Å². The minimum absolute atomic E-state index is 0.441. The molecule has 0 unspecified atom stereocenters. The zero-order valence-electron chi connectivity index (χ0n) is 12.7. The molecule has 2 N–H and O–H groups in total. The molecule has 0 aliphatic heterocycles. The van der Waals surface area contributed by atoms with Crippen molar-refractivity contribution in [1.82, 2.24) is 15.2 Å². The molecule has 0 aliphatic rings. The highest BCUT2D eigenvalue weighted by molar-refractivity contribution is 6.43. The van der Waals surface area contributed by atoms with E-state index in [4.69, 9.17) is 23.2 Å². The fourth-order valence-corrected chi connectivity index (χ4v) is 2.49. The molecule has 0 amide bonds. The van der Waals surface area contributed by atoms with Crippen molar-refractivity contribution in [3.8, 4) is 0 Å². The van der Waals surface area contributed by atoms with E-state index in [1.807, 2.05) is 30.3 Å². The second-order valence-electron chi connectivity index (χ2n) is 5.05. The third-order valence-corrected chi connectivity index (χ3v) is 4.13. The van der Waals surface area contributed by atoms with Crippen LogP contribution in [0.15, 0.2) is 54.7 Å². The second kappa shape index (κ2) is 7.95. The van der Waals surface area contributed by atoms with Crippen LogP contribution in [0, 0.1) is 0 Å². The number of hydrogen-bond donors (Lipinski definition) is 2. The van der Waals surface area contributed by atoms with Gasteiger partial charge in [0, 0.05) is 6.54 Å². The van der Waals surface area contributed by atoms with Gasteiger partial charge in [-0.25, -0.2) is 0 Å². The Bertz CT molecular complexity index is 811. The Hall–Kier alpha value is -2.37. The molecule has 0 saturated carbocycles. The Balaban J connectivity index is 1.62. The smallest absolute Gasteiger partial charge is 0.244 e. The van der Waals surface area contributed by atoms with Gasteiger partial charge >= 0.3 is 0 Å². The number of nitrogens with one attached hydrogen (secondary N) is 2. The van der Waals surface area contributed by atoms with E-state index in [2.05, 4.69) is 37.9 Å². The molecule has 1 heterocycles. The summed E-state index contributed by atoms with van der Waals surface area (Å²) in [5.41, 5.74) is 1.91. The summed E-state index contributed by atoms with van der Waals surface area (Å²) in [6.45, 7) is 0.715. The molecule has 3 aromatic rings. The summed E-state index contributed by atoms with van der Waals surface area (Å²) in [5, 5.41) is 15.1. The van der Waals surface area contributed by atoms with E-state index in [-0.39, 0.29) is 0 Å². The van der Waals surface area contributed by atoms with Gasteiger partial charge in [0.05, 0.1) is 21.9 Å². The minimum Gasteiger partial charge on any atom is -0.353 e. The maximum Gasteiger partial charge on any atom is 0.244 e. The fourth-order valence-electron chi connectivity index (χ4n) is 2.14. The summed E-state index contributed by atoms with van der Waals surface area (Å²) in [6, 6.07) is 15.6. The predicted molar refractivity (Wildman–Crippen MR) is 98.2 cm³/mol. The summed E-state index contributed by atoms with van der Waals surface area (Å²) < 4.78 is 0. The van der Waals surface area contributed by atoms with E-state index < -0.39 is 0 Å². The number of nitrogens with zero attached hydrogens (tertiary/aromatic N) is 3. The summed E-state index contributed by atoms with van der Waals surface area (Å²) in [5.74, 6) is 0.991. The summed E-state index contributed by atoms with van der Waals surface area (Å²) in [6.07, 6.45) is 2.40. The average molecular weight is 360 g/mol. The molecule has 0 aliphatic carbocycles. The van der Waals surface area contributed by atoms with E-state index in [0.717, 1.165) is 6.42 Å². The van der Waals surface area contributed by atoms with Crippen LogP contribution >= 0.6 is 23.2 Å². The van der Waals surface area contributed by atoms with Crippen LogP contribution in [0.2, 0.25) is 10.0 Å². The van der Waals surface area contributed by atoms with E-state index in [1.54, 1.807) is 6.07 Å². The number of rotatable bonds is 6. The van der Waals surface area contributed by atoms with Crippen LogP contribution in [0.1, 0.15) is 5.56 Å². The first-order valence-electron chi connectivity index (χ1n) is 7.41. The van der Waals surface area contributed by atoms with E-state index >= 15 is 0 Å². The Morgan fingerprint density at radius 3 is 2.62 bits per heavy atom. The Morgan fingerprint density at radius 2 is 1.79 bits per heavy atom. The SMILES string of the molecule is Clc1cccc(Nc2cnnc(NCCc3ccccc3)n2)c1Cl. The number of benzene rings is 2. The molecule has 2 aromatic carbocycles. The van der Waals surface area contributed by atoms with Crippen molar-refractivity contribution in [2.24, 2.45) is 0 Å². The van der Waals surface area contributed by atoms with Crippen LogP contribution in [0.4, 0.5) is 17.5 Å². The monoisotopic (exact) mass is 359 g/mol. The molecule has 0 atom stereocenters. The highest BCUT2D eigenvalue weighted by Crippen LogP contribution is 2.31. The first kappa shape index (κ1) is 16.5. The summed E-state index contributed by atoms with van der Waals surface area (Å²) in [4.78, 5) is 4.37. The van der Waals surface area contributed by atoms with Crippen molar-refractivity contribution in [2.45, 2.75) is 6.42 Å². The molecule has 7 heteroatoms. The number of aromatic nitrogens is 3. The number of anilines is 3. The molecule has 0 spiro atoms. The largest absolute Gasteiger partial charge is 0.353 e. The van der Waals surface area contributed by atoms with Crippen molar-refractivity contribution in [3.05, 3.63) is 70.3 Å². The predicted octanol–water partition coefficient (Wildman–Crippen LogP) is 4.58. The zero-order valence-corrected chi connectivity index (χ0v) is 14.2. The molecule has 5 nitrogen and oxygen atoms in total. The van der Waals surface area contributed by atoms with Gasteiger partial charge in [-0.3, -0.25) is 0 Å². The van der Waals surface area contributed by atoms with E-state index in [9.17, 15) is 0 Å². The Labute approximate surface area is 150 Å². The van der Waals surface area contributed by atoms with Gasteiger partial charge in [-0.2, -0.15) is 10.1 Å². The van der Waals surface area contributed by atoms with Crippen LogP contribution < -0.4 is 10.6 Å². The van der Waals surface area contributed by atoms with Gasteiger partial charge in [0.2, 0.25) is 5.95 Å². The third kappa shape index (κ3) is 4.34. The molecule has 122 valence electrons. The standard InChI is InChI=1S/C17H15Cl2N5/c18-13-7-4-8-14(16(13)19)22-15-11-21-24-17(23-15)20-10-9-12-5-2-1-3-6-12/h1-8,11H,9-10H2,(H2,20,22,23,24). The molecule has 0 saturated heterocycles. The molecule has 0 fully saturated rings. The van der Waals surface area contributed by atoms with Crippen LogP contribution in [0.5, 0.6) is 0 Å². The van der Waals surface area contributed by atoms with Crippen molar-refractivity contribution >= 4 is 40.7 Å². The minimum atomic E-state index is 0.441. The fraction of sp³-hybridized carbons (Fsp3) is 0.118. The van der Waals surface area contributed by atoms with Crippen LogP contribution in [-0.4, -0.2) is 21.7 Å². The van der Waals surface area contributed by atoms with Crippen LogP contribution in [0.3, 0.4) is 0 Å². The van der Waals surface area contributed by atoms with E-state index in [1.165, 1.54) is 11.8 Å². The number of halogens is 2. The molecular weight excluding hydrogens is 345 g/mol. The lowest BCUT2D eigenvalue weighted by molar-refractivity contribution is 0.929. The number of hydrogen-bond acceptors (Lipinski definition) is 5. The average Bonchev–Trinajstić information content (AvgIpc) is 2.60. The zero-order chi connectivity index (χ0) is 16.8. The molecule has 24 heavy (non-hydrogen) atoms. The highest BCUT2D eigenvalue weighted by Gasteiger charge is 2.06. The topological polar surface area (TPSA) is 62.7 Å². The normalized spacial score (nSPS) is 10.4. The van der Waals surface area contributed by atoms with Gasteiger partial charge in [-0.15, -0.1) is 5.10 Å². The first-order valence-corrected chi connectivity index (χ1v) is 8.16. The molecule has 0 bridgehead atoms. The molecule has 0 radical (unpaired) electrons. The van der Waals surface area contributed by atoms with Crippen LogP contribution in [-0.2, 0) is 6.42 Å². The summed E-state index contributed by atoms with van der Waals surface area (Å²) in [7, 11) is 0. The molecular formula is C17H15Cl2N5.